The molecule has 0 bridgehead atoms. The quantitative estimate of drug-likeness (QED) is 0.313. The Bertz CT molecular complexity index is 1260. The molecule has 0 aliphatic heterocycles. The van der Waals surface area contributed by atoms with Crippen molar-refractivity contribution in [2.45, 2.75) is 13.8 Å². The zero-order valence-corrected chi connectivity index (χ0v) is 18.8. The van der Waals surface area contributed by atoms with Gasteiger partial charge < -0.3 is 20.7 Å². The van der Waals surface area contributed by atoms with Crippen LogP contribution in [0, 0.1) is 19.7 Å². The molecule has 0 fully saturated rings. The van der Waals surface area contributed by atoms with Crippen molar-refractivity contribution in [1.29, 1.82) is 0 Å². The van der Waals surface area contributed by atoms with Gasteiger partial charge in [0.1, 0.15) is 29.0 Å². The van der Waals surface area contributed by atoms with Gasteiger partial charge in [0.05, 0.1) is 0 Å². The standard InChI is InChI=1S/C26H24FN5O2/c1-17-3-7-20(8-4-17)30-24-15-25(29-18(2)28-24)31-21-9-11-22(12-10-21)32-26(33)16-34-23-13-5-19(27)6-14-23/h3-15H,16H2,1-2H3,(H,32,33)(H2,28,29,30,31). The Morgan fingerprint density at radius 2 is 1.32 bits per heavy atom. The first-order valence-corrected chi connectivity index (χ1v) is 10.7. The van der Waals surface area contributed by atoms with Gasteiger partial charge in [0.2, 0.25) is 0 Å². The van der Waals surface area contributed by atoms with Crippen molar-refractivity contribution in [2.75, 3.05) is 22.6 Å². The summed E-state index contributed by atoms with van der Waals surface area (Å²) in [4.78, 5) is 21.0. The summed E-state index contributed by atoms with van der Waals surface area (Å²) >= 11 is 0. The van der Waals surface area contributed by atoms with Crippen molar-refractivity contribution in [1.82, 2.24) is 9.97 Å². The highest BCUT2D eigenvalue weighted by Crippen LogP contribution is 2.22. The minimum atomic E-state index is -0.360. The van der Waals surface area contributed by atoms with Gasteiger partial charge in [-0.1, -0.05) is 17.7 Å². The summed E-state index contributed by atoms with van der Waals surface area (Å²) in [5, 5.41) is 9.30. The highest BCUT2D eigenvalue weighted by atomic mass is 19.1. The third kappa shape index (κ3) is 6.52. The van der Waals surface area contributed by atoms with Crippen LogP contribution in [0.1, 0.15) is 11.4 Å². The first-order chi connectivity index (χ1) is 16.4. The van der Waals surface area contributed by atoms with Crippen LogP contribution in [0.5, 0.6) is 5.75 Å². The Morgan fingerprint density at radius 3 is 1.91 bits per heavy atom. The molecule has 3 aromatic carbocycles. The predicted octanol–water partition coefficient (Wildman–Crippen LogP) is 5.74. The van der Waals surface area contributed by atoms with E-state index in [-0.39, 0.29) is 18.3 Å². The summed E-state index contributed by atoms with van der Waals surface area (Å²) < 4.78 is 18.3. The van der Waals surface area contributed by atoms with E-state index in [1.165, 1.54) is 29.8 Å². The van der Waals surface area contributed by atoms with Crippen molar-refractivity contribution >= 4 is 34.6 Å². The minimum Gasteiger partial charge on any atom is -0.484 e. The van der Waals surface area contributed by atoms with E-state index < -0.39 is 0 Å². The number of anilines is 5. The fraction of sp³-hybridized carbons (Fsp3) is 0.115. The molecule has 172 valence electrons. The van der Waals surface area contributed by atoms with Gasteiger partial charge in [0, 0.05) is 23.1 Å². The molecule has 1 aromatic heterocycles. The van der Waals surface area contributed by atoms with Crippen LogP contribution in [-0.4, -0.2) is 22.5 Å². The number of aromatic nitrogens is 2. The van der Waals surface area contributed by atoms with Crippen LogP contribution in [0.25, 0.3) is 0 Å². The summed E-state index contributed by atoms with van der Waals surface area (Å²) in [7, 11) is 0. The third-order valence-electron chi connectivity index (χ3n) is 4.79. The summed E-state index contributed by atoms with van der Waals surface area (Å²) in [6.07, 6.45) is 0. The summed E-state index contributed by atoms with van der Waals surface area (Å²) in [5.74, 6) is 1.71. The van der Waals surface area contributed by atoms with Gasteiger partial charge in [0.25, 0.3) is 5.91 Å². The molecule has 4 aromatic rings. The van der Waals surface area contributed by atoms with E-state index in [1.54, 1.807) is 12.1 Å². The highest BCUT2D eigenvalue weighted by molar-refractivity contribution is 5.92. The molecule has 1 heterocycles. The van der Waals surface area contributed by atoms with Gasteiger partial charge in [0.15, 0.2) is 6.61 Å². The van der Waals surface area contributed by atoms with Crippen molar-refractivity contribution < 1.29 is 13.9 Å². The van der Waals surface area contributed by atoms with E-state index in [9.17, 15) is 9.18 Å². The first-order valence-electron chi connectivity index (χ1n) is 10.7. The van der Waals surface area contributed by atoms with E-state index in [4.69, 9.17) is 4.74 Å². The number of ether oxygens (including phenoxy) is 1. The Hall–Kier alpha value is -4.46. The average Bonchev–Trinajstić information content (AvgIpc) is 2.81. The van der Waals surface area contributed by atoms with Gasteiger partial charge in [-0.05, 0) is 74.5 Å². The van der Waals surface area contributed by atoms with Crippen molar-refractivity contribution in [3.8, 4) is 5.75 Å². The van der Waals surface area contributed by atoms with Gasteiger partial charge in [-0.25, -0.2) is 14.4 Å². The topological polar surface area (TPSA) is 88.2 Å². The van der Waals surface area contributed by atoms with Crippen LogP contribution in [0.2, 0.25) is 0 Å². The monoisotopic (exact) mass is 457 g/mol. The molecular weight excluding hydrogens is 433 g/mol. The zero-order chi connectivity index (χ0) is 23.9. The summed E-state index contributed by atoms with van der Waals surface area (Å²) in [6, 6.07) is 22.6. The molecule has 3 N–H and O–H groups in total. The molecule has 4 rings (SSSR count). The van der Waals surface area contributed by atoms with E-state index >= 15 is 0 Å². The number of carbonyl (C=O) groups is 1. The largest absolute Gasteiger partial charge is 0.484 e. The van der Waals surface area contributed by atoms with Crippen LogP contribution >= 0.6 is 0 Å². The number of aryl methyl sites for hydroxylation is 2. The molecule has 8 heteroatoms. The maximum atomic E-state index is 12.9. The number of carbonyl (C=O) groups excluding carboxylic acids is 1. The van der Waals surface area contributed by atoms with E-state index in [1.807, 2.05) is 56.3 Å². The maximum absolute atomic E-state index is 12.9. The summed E-state index contributed by atoms with van der Waals surface area (Å²) in [5.41, 5.74) is 3.56. The van der Waals surface area contributed by atoms with Crippen LogP contribution in [0.3, 0.4) is 0 Å². The van der Waals surface area contributed by atoms with E-state index in [0.29, 0.717) is 28.9 Å². The molecule has 1 amide bonds. The van der Waals surface area contributed by atoms with Gasteiger partial charge >= 0.3 is 0 Å². The lowest BCUT2D eigenvalue weighted by molar-refractivity contribution is -0.118. The lowest BCUT2D eigenvalue weighted by atomic mass is 10.2. The Labute approximate surface area is 197 Å². The minimum absolute atomic E-state index is 0.178. The Balaban J connectivity index is 1.33. The van der Waals surface area contributed by atoms with Crippen LogP contribution in [-0.2, 0) is 4.79 Å². The predicted molar refractivity (Wildman–Crippen MR) is 131 cm³/mol. The molecule has 0 atom stereocenters. The van der Waals surface area contributed by atoms with E-state index in [2.05, 4.69) is 25.9 Å². The fourth-order valence-electron chi connectivity index (χ4n) is 3.14. The molecule has 0 radical (unpaired) electrons. The molecular formula is C26H24FN5O2. The SMILES string of the molecule is Cc1ccc(Nc2cc(Nc3ccc(NC(=O)COc4ccc(F)cc4)cc3)nc(C)n2)cc1. The number of rotatable bonds is 8. The number of hydrogen-bond acceptors (Lipinski definition) is 6. The normalized spacial score (nSPS) is 10.4. The zero-order valence-electron chi connectivity index (χ0n) is 18.8. The number of benzene rings is 3. The second-order valence-electron chi connectivity index (χ2n) is 7.67. The molecule has 0 aliphatic carbocycles. The van der Waals surface area contributed by atoms with E-state index in [0.717, 1.165) is 11.4 Å². The number of amides is 1. The first kappa shape index (κ1) is 22.7. The Morgan fingerprint density at radius 1 is 0.794 bits per heavy atom. The highest BCUT2D eigenvalue weighted by Gasteiger charge is 2.06. The molecule has 7 nitrogen and oxygen atoms in total. The maximum Gasteiger partial charge on any atom is 0.262 e. The molecule has 0 saturated carbocycles. The van der Waals surface area contributed by atoms with Crippen molar-refractivity contribution in [2.24, 2.45) is 0 Å². The molecule has 34 heavy (non-hydrogen) atoms. The van der Waals surface area contributed by atoms with Crippen LogP contribution in [0.15, 0.2) is 78.9 Å². The van der Waals surface area contributed by atoms with Gasteiger partial charge in [-0.2, -0.15) is 0 Å². The molecule has 0 unspecified atom stereocenters. The summed E-state index contributed by atoms with van der Waals surface area (Å²) in [6.45, 7) is 3.69. The van der Waals surface area contributed by atoms with Gasteiger partial charge in [-0.15, -0.1) is 0 Å². The molecule has 0 aliphatic rings. The number of nitrogens with one attached hydrogen (secondary N) is 3. The van der Waals surface area contributed by atoms with Crippen LogP contribution < -0.4 is 20.7 Å². The average molecular weight is 458 g/mol. The number of nitrogens with zero attached hydrogens (tertiary/aromatic N) is 2. The second-order valence-corrected chi connectivity index (χ2v) is 7.67. The van der Waals surface area contributed by atoms with Crippen LogP contribution in [0.4, 0.5) is 33.1 Å². The van der Waals surface area contributed by atoms with Crippen molar-refractivity contribution in [3.05, 3.63) is 96.1 Å². The van der Waals surface area contributed by atoms with Crippen molar-refractivity contribution in [3.63, 3.8) is 0 Å². The second kappa shape index (κ2) is 10.4. The lowest BCUT2D eigenvalue weighted by Crippen LogP contribution is -2.20. The van der Waals surface area contributed by atoms with Gasteiger partial charge in [-0.3, -0.25) is 4.79 Å². The molecule has 0 spiro atoms. The number of hydrogen-bond donors (Lipinski definition) is 3. The smallest absolute Gasteiger partial charge is 0.262 e. The Kier molecular flexibility index (Phi) is 6.98. The lowest BCUT2D eigenvalue weighted by Gasteiger charge is -2.11. The number of halogens is 1. The fourth-order valence-corrected chi connectivity index (χ4v) is 3.14. The molecule has 0 saturated heterocycles. The third-order valence-corrected chi connectivity index (χ3v) is 4.79.